The summed E-state index contributed by atoms with van der Waals surface area (Å²) >= 11 is 0. The second kappa shape index (κ2) is 5.40. The monoisotopic (exact) mass is 291 g/mol. The largest absolute Gasteiger partial charge is 0.493 e. The lowest BCUT2D eigenvalue weighted by molar-refractivity contribution is -0.159. The molecule has 4 nitrogen and oxygen atoms in total. The zero-order valence-corrected chi connectivity index (χ0v) is 11.4. The molecule has 0 aliphatic carbocycles. The van der Waals surface area contributed by atoms with Crippen LogP contribution in [0.15, 0.2) is 6.07 Å². The maximum atomic E-state index is 13.2. The van der Waals surface area contributed by atoms with E-state index >= 15 is 0 Å². The third-order valence-corrected chi connectivity index (χ3v) is 3.31. The maximum Gasteiger partial charge on any atom is 0.408 e. The van der Waals surface area contributed by atoms with Crippen molar-refractivity contribution in [2.45, 2.75) is 18.6 Å². The Balaban J connectivity index is 2.68. The van der Waals surface area contributed by atoms with Crippen molar-refractivity contribution >= 4 is 0 Å². The average Bonchev–Trinajstić information content (AvgIpc) is 2.43. The van der Waals surface area contributed by atoms with Crippen molar-refractivity contribution in [3.8, 4) is 17.2 Å². The summed E-state index contributed by atoms with van der Waals surface area (Å²) in [6.07, 6.45) is -3.93. The first-order chi connectivity index (χ1) is 9.43. The minimum Gasteiger partial charge on any atom is -0.493 e. The van der Waals surface area contributed by atoms with Gasteiger partial charge in [0, 0.05) is 12.1 Å². The highest BCUT2D eigenvalue weighted by atomic mass is 19.4. The minimum absolute atomic E-state index is 0.0661. The zero-order chi connectivity index (χ0) is 14.9. The van der Waals surface area contributed by atoms with E-state index in [4.69, 9.17) is 14.2 Å². The molecule has 0 bridgehead atoms. The van der Waals surface area contributed by atoms with Gasteiger partial charge >= 0.3 is 6.18 Å². The highest BCUT2D eigenvalue weighted by Crippen LogP contribution is 2.49. The lowest BCUT2D eigenvalue weighted by Gasteiger charge is -2.31. The molecule has 1 heterocycles. The van der Waals surface area contributed by atoms with Gasteiger partial charge in [-0.15, -0.1) is 0 Å². The molecule has 0 aromatic heterocycles. The Morgan fingerprint density at radius 2 is 1.75 bits per heavy atom. The predicted octanol–water partition coefficient (Wildman–Crippen LogP) is 2.46. The van der Waals surface area contributed by atoms with Gasteiger partial charge in [-0.2, -0.15) is 13.2 Å². The smallest absolute Gasteiger partial charge is 0.408 e. The van der Waals surface area contributed by atoms with Crippen molar-refractivity contribution in [2.75, 3.05) is 27.9 Å². The summed E-state index contributed by atoms with van der Waals surface area (Å²) in [6.45, 7) is 0.246. The molecule has 1 atom stereocenters. The molecule has 0 spiro atoms. The van der Waals surface area contributed by atoms with Crippen LogP contribution < -0.4 is 19.5 Å². The maximum absolute atomic E-state index is 13.2. The quantitative estimate of drug-likeness (QED) is 0.928. The Morgan fingerprint density at radius 1 is 1.10 bits per heavy atom. The van der Waals surface area contributed by atoms with E-state index in [1.807, 2.05) is 0 Å². The molecule has 1 unspecified atom stereocenters. The van der Waals surface area contributed by atoms with E-state index in [0.717, 1.165) is 0 Å². The number of methoxy groups -OCH3 is 3. The van der Waals surface area contributed by atoms with Gasteiger partial charge in [-0.25, -0.2) is 0 Å². The third-order valence-electron chi connectivity index (χ3n) is 3.31. The van der Waals surface area contributed by atoms with Gasteiger partial charge in [0.25, 0.3) is 0 Å². The van der Waals surface area contributed by atoms with Crippen LogP contribution >= 0.6 is 0 Å². The van der Waals surface area contributed by atoms with Crippen molar-refractivity contribution in [3.05, 3.63) is 17.2 Å². The van der Waals surface area contributed by atoms with Crippen LogP contribution in [0.3, 0.4) is 0 Å². The van der Waals surface area contributed by atoms with E-state index in [9.17, 15) is 13.2 Å². The SMILES string of the molecule is COc1cc2c(c(OC)c1OC)C(C(F)(F)F)NCC2. The molecular formula is C13H16F3NO3. The summed E-state index contributed by atoms with van der Waals surface area (Å²) in [7, 11) is 4.12. The molecule has 1 N–H and O–H groups in total. The van der Waals surface area contributed by atoms with Gasteiger partial charge in [0.1, 0.15) is 6.04 Å². The zero-order valence-electron chi connectivity index (χ0n) is 11.4. The first kappa shape index (κ1) is 14.8. The summed E-state index contributed by atoms with van der Waals surface area (Å²) in [5.74, 6) is 0.606. The number of hydrogen-bond acceptors (Lipinski definition) is 4. The van der Waals surface area contributed by atoms with E-state index in [1.165, 1.54) is 21.3 Å². The van der Waals surface area contributed by atoms with Crippen molar-refractivity contribution in [1.82, 2.24) is 5.32 Å². The number of nitrogens with one attached hydrogen (secondary N) is 1. The Bertz CT molecular complexity index is 503. The van der Waals surface area contributed by atoms with E-state index in [1.54, 1.807) is 6.07 Å². The first-order valence-corrected chi connectivity index (χ1v) is 6.05. The second-order valence-electron chi connectivity index (χ2n) is 4.40. The minimum atomic E-state index is -4.40. The fourth-order valence-corrected chi connectivity index (χ4v) is 2.49. The van der Waals surface area contributed by atoms with Crippen molar-refractivity contribution in [3.63, 3.8) is 0 Å². The van der Waals surface area contributed by atoms with Crippen LogP contribution in [0.4, 0.5) is 13.2 Å². The summed E-state index contributed by atoms with van der Waals surface area (Å²) in [5.41, 5.74) is 0.629. The topological polar surface area (TPSA) is 39.7 Å². The Labute approximate surface area is 114 Å². The molecule has 20 heavy (non-hydrogen) atoms. The number of benzene rings is 1. The molecule has 1 aromatic rings. The summed E-state index contributed by atoms with van der Waals surface area (Å²) < 4.78 is 54.9. The van der Waals surface area contributed by atoms with Crippen LogP contribution in [0.5, 0.6) is 17.2 Å². The number of halogens is 3. The number of hydrogen-bond donors (Lipinski definition) is 1. The van der Waals surface area contributed by atoms with Gasteiger partial charge in [0.2, 0.25) is 5.75 Å². The number of alkyl halides is 3. The van der Waals surface area contributed by atoms with E-state index < -0.39 is 12.2 Å². The molecule has 0 fully saturated rings. The molecule has 7 heteroatoms. The third kappa shape index (κ3) is 2.37. The highest BCUT2D eigenvalue weighted by Gasteiger charge is 2.45. The first-order valence-electron chi connectivity index (χ1n) is 6.05. The van der Waals surface area contributed by atoms with Crippen LogP contribution in [-0.4, -0.2) is 34.1 Å². The number of ether oxygens (including phenoxy) is 3. The molecule has 1 aliphatic rings. The van der Waals surface area contributed by atoms with E-state index in [0.29, 0.717) is 17.7 Å². The van der Waals surface area contributed by atoms with Crippen LogP contribution in [0.1, 0.15) is 17.2 Å². The molecule has 1 aromatic carbocycles. The molecule has 112 valence electrons. The number of rotatable bonds is 3. The van der Waals surface area contributed by atoms with Crippen molar-refractivity contribution in [1.29, 1.82) is 0 Å². The van der Waals surface area contributed by atoms with Crippen molar-refractivity contribution < 1.29 is 27.4 Å². The number of fused-ring (bicyclic) bond motifs is 1. The van der Waals surface area contributed by atoms with Crippen LogP contribution in [0.2, 0.25) is 0 Å². The molecule has 2 rings (SSSR count). The molecular weight excluding hydrogens is 275 g/mol. The second-order valence-corrected chi connectivity index (χ2v) is 4.40. The average molecular weight is 291 g/mol. The van der Waals surface area contributed by atoms with Gasteiger partial charge in [0.05, 0.1) is 21.3 Å². The van der Waals surface area contributed by atoms with Crippen LogP contribution in [-0.2, 0) is 6.42 Å². The van der Waals surface area contributed by atoms with Gasteiger partial charge in [0.15, 0.2) is 11.5 Å². The lowest BCUT2D eigenvalue weighted by Crippen LogP contribution is -2.39. The standard InChI is InChI=1S/C13H16F3NO3/c1-18-8-6-7-4-5-17-12(13(14,15)16)9(7)11(20-3)10(8)19-2/h6,12,17H,4-5H2,1-3H3. The fraction of sp³-hybridized carbons (Fsp3) is 0.538. The Kier molecular flexibility index (Phi) is 3.99. The van der Waals surface area contributed by atoms with Crippen LogP contribution in [0, 0.1) is 0 Å². The summed E-state index contributed by atoms with van der Waals surface area (Å²) in [5, 5.41) is 2.48. The molecule has 0 amide bonds. The highest BCUT2D eigenvalue weighted by molar-refractivity contribution is 5.61. The summed E-state index contributed by atoms with van der Waals surface area (Å²) in [6, 6.07) is -0.183. The van der Waals surface area contributed by atoms with Gasteiger partial charge < -0.3 is 19.5 Å². The summed E-state index contributed by atoms with van der Waals surface area (Å²) in [4.78, 5) is 0. The molecule has 0 saturated carbocycles. The molecule has 1 aliphatic heterocycles. The van der Waals surface area contributed by atoms with Gasteiger partial charge in [-0.1, -0.05) is 0 Å². The fourth-order valence-electron chi connectivity index (χ4n) is 2.49. The van der Waals surface area contributed by atoms with Crippen molar-refractivity contribution in [2.24, 2.45) is 0 Å². The Morgan fingerprint density at radius 3 is 2.25 bits per heavy atom. The Hall–Kier alpha value is -1.63. The molecule has 0 radical (unpaired) electrons. The van der Waals surface area contributed by atoms with Crippen LogP contribution in [0.25, 0.3) is 0 Å². The lowest BCUT2D eigenvalue weighted by atomic mass is 9.92. The van der Waals surface area contributed by atoms with Gasteiger partial charge in [-0.3, -0.25) is 0 Å². The predicted molar refractivity (Wildman–Crippen MR) is 66.6 cm³/mol. The van der Waals surface area contributed by atoms with E-state index in [2.05, 4.69) is 5.32 Å². The molecule has 0 saturated heterocycles. The van der Waals surface area contributed by atoms with E-state index in [-0.39, 0.29) is 23.6 Å². The van der Waals surface area contributed by atoms with Gasteiger partial charge in [-0.05, 0) is 18.1 Å². The normalized spacial score (nSPS) is 18.4.